The molecule has 4 rings (SSSR count). The highest BCUT2D eigenvalue weighted by Gasteiger charge is 2.57. The molecule has 8 heteroatoms. The molecule has 0 unspecified atom stereocenters. The summed E-state index contributed by atoms with van der Waals surface area (Å²) in [6.07, 6.45) is 0. The number of likely N-dealkylation sites (tertiary alicyclic amines) is 1. The van der Waals surface area contributed by atoms with Crippen molar-refractivity contribution in [1.29, 1.82) is 0 Å². The summed E-state index contributed by atoms with van der Waals surface area (Å²) >= 11 is 0. The number of amides is 1. The van der Waals surface area contributed by atoms with Crippen molar-refractivity contribution in [2.45, 2.75) is 6.54 Å². The highest BCUT2D eigenvalue weighted by Crippen LogP contribution is 2.42. The van der Waals surface area contributed by atoms with E-state index in [9.17, 15) is 9.59 Å². The molecule has 8 nitrogen and oxygen atoms in total. The molecular formula is C16H18N4O4. The zero-order valence-corrected chi connectivity index (χ0v) is 13.3. The lowest BCUT2D eigenvalue weighted by Crippen LogP contribution is -2.41. The fourth-order valence-electron chi connectivity index (χ4n) is 3.61. The number of methoxy groups -OCH3 is 1. The molecule has 2 saturated heterocycles. The number of hydrogen-bond acceptors (Lipinski definition) is 6. The van der Waals surface area contributed by atoms with E-state index < -0.39 is 5.41 Å². The molecule has 2 aromatic rings. The predicted molar refractivity (Wildman–Crippen MR) is 82.9 cm³/mol. The summed E-state index contributed by atoms with van der Waals surface area (Å²) in [5.41, 5.74) is 0.776. The standard InChI is InChI=1S/C16H18N4O4/c1-23-15(22)16-9-19(6-11(16)8-24-10-16)14(21)7-20-17-12-4-2-3-5-13(12)18-20/h2-5,11H,6-10H2,1H3/t11-,16-/m0/s1. The lowest BCUT2D eigenvalue weighted by atomic mass is 9.81. The first-order valence-electron chi connectivity index (χ1n) is 7.86. The highest BCUT2D eigenvalue weighted by molar-refractivity contribution is 5.82. The van der Waals surface area contributed by atoms with Crippen molar-refractivity contribution in [2.75, 3.05) is 33.4 Å². The quantitative estimate of drug-likeness (QED) is 0.741. The number of fused-ring (bicyclic) bond motifs is 2. The van der Waals surface area contributed by atoms with Crippen LogP contribution in [-0.4, -0.2) is 65.2 Å². The van der Waals surface area contributed by atoms with E-state index in [4.69, 9.17) is 9.47 Å². The molecular weight excluding hydrogens is 312 g/mol. The number of benzene rings is 1. The van der Waals surface area contributed by atoms with Gasteiger partial charge in [0.1, 0.15) is 23.0 Å². The van der Waals surface area contributed by atoms with Crippen molar-refractivity contribution in [3.63, 3.8) is 0 Å². The van der Waals surface area contributed by atoms with Crippen molar-refractivity contribution in [1.82, 2.24) is 19.9 Å². The van der Waals surface area contributed by atoms with Gasteiger partial charge in [0.15, 0.2) is 0 Å². The van der Waals surface area contributed by atoms with Crippen LogP contribution in [0.4, 0.5) is 0 Å². The van der Waals surface area contributed by atoms with Crippen LogP contribution in [0.15, 0.2) is 24.3 Å². The maximum atomic E-state index is 12.6. The highest BCUT2D eigenvalue weighted by atomic mass is 16.5. The van der Waals surface area contributed by atoms with Crippen LogP contribution in [-0.2, 0) is 25.6 Å². The third kappa shape index (κ3) is 2.25. The van der Waals surface area contributed by atoms with Gasteiger partial charge in [-0.05, 0) is 12.1 Å². The zero-order valence-electron chi connectivity index (χ0n) is 13.3. The Morgan fingerprint density at radius 3 is 2.71 bits per heavy atom. The Kier molecular flexibility index (Phi) is 3.49. The lowest BCUT2D eigenvalue weighted by Gasteiger charge is -2.23. The maximum Gasteiger partial charge on any atom is 0.316 e. The molecule has 0 N–H and O–H groups in total. The van der Waals surface area contributed by atoms with Crippen LogP contribution in [0.5, 0.6) is 0 Å². The molecule has 1 aromatic carbocycles. The average molecular weight is 330 g/mol. The molecule has 24 heavy (non-hydrogen) atoms. The maximum absolute atomic E-state index is 12.6. The number of hydrogen-bond donors (Lipinski definition) is 0. The van der Waals surface area contributed by atoms with Crippen LogP contribution in [0.2, 0.25) is 0 Å². The normalized spacial score (nSPS) is 25.9. The largest absolute Gasteiger partial charge is 0.468 e. The number of rotatable bonds is 3. The number of esters is 1. The van der Waals surface area contributed by atoms with Crippen LogP contribution in [0.1, 0.15) is 0 Å². The molecule has 0 saturated carbocycles. The first-order valence-corrected chi connectivity index (χ1v) is 7.86. The summed E-state index contributed by atoms with van der Waals surface area (Å²) in [6.45, 7) is 1.65. The second-order valence-corrected chi connectivity index (χ2v) is 6.35. The van der Waals surface area contributed by atoms with Gasteiger partial charge in [0.25, 0.3) is 0 Å². The van der Waals surface area contributed by atoms with Gasteiger partial charge in [0.05, 0.1) is 20.3 Å². The Balaban J connectivity index is 1.50. The number of aromatic nitrogens is 3. The number of carbonyl (C=O) groups is 2. The molecule has 2 aliphatic heterocycles. The Morgan fingerprint density at radius 2 is 2.04 bits per heavy atom. The summed E-state index contributed by atoms with van der Waals surface area (Å²) in [4.78, 5) is 27.9. The van der Waals surface area contributed by atoms with E-state index in [1.807, 2.05) is 24.3 Å². The summed E-state index contributed by atoms with van der Waals surface area (Å²) in [5, 5.41) is 8.61. The minimum Gasteiger partial charge on any atom is -0.468 e. The summed E-state index contributed by atoms with van der Waals surface area (Å²) in [6, 6.07) is 7.47. The molecule has 1 aromatic heterocycles. The Bertz CT molecular complexity index is 771. The van der Waals surface area contributed by atoms with Gasteiger partial charge in [-0.2, -0.15) is 15.0 Å². The van der Waals surface area contributed by atoms with Crippen molar-refractivity contribution >= 4 is 22.9 Å². The fraction of sp³-hybridized carbons (Fsp3) is 0.500. The van der Waals surface area contributed by atoms with E-state index >= 15 is 0 Å². The molecule has 0 bridgehead atoms. The number of nitrogens with zero attached hydrogens (tertiary/aromatic N) is 4. The van der Waals surface area contributed by atoms with Gasteiger partial charge in [0.2, 0.25) is 5.91 Å². The van der Waals surface area contributed by atoms with Crippen LogP contribution < -0.4 is 0 Å². The molecule has 2 fully saturated rings. The van der Waals surface area contributed by atoms with Gasteiger partial charge < -0.3 is 14.4 Å². The van der Waals surface area contributed by atoms with Crippen molar-refractivity contribution < 1.29 is 19.1 Å². The van der Waals surface area contributed by atoms with Gasteiger partial charge in [-0.15, -0.1) is 0 Å². The van der Waals surface area contributed by atoms with Gasteiger partial charge in [-0.25, -0.2) is 0 Å². The predicted octanol–water partition coefficient (Wildman–Crippen LogP) is 0.0793. The Morgan fingerprint density at radius 1 is 1.33 bits per heavy atom. The fourth-order valence-corrected chi connectivity index (χ4v) is 3.61. The minimum absolute atomic E-state index is 0.0152. The SMILES string of the molecule is COC(=O)[C@@]12COC[C@@H]1CN(C(=O)Cn1nc3ccccc3n1)C2. The van der Waals surface area contributed by atoms with E-state index in [0.29, 0.717) is 26.3 Å². The van der Waals surface area contributed by atoms with Crippen LogP contribution in [0.3, 0.4) is 0 Å². The van der Waals surface area contributed by atoms with Crippen molar-refractivity contribution in [3.05, 3.63) is 24.3 Å². The monoisotopic (exact) mass is 330 g/mol. The number of ether oxygens (including phenoxy) is 2. The third-order valence-electron chi connectivity index (χ3n) is 4.92. The molecule has 0 radical (unpaired) electrons. The second-order valence-electron chi connectivity index (χ2n) is 6.35. The van der Waals surface area contributed by atoms with E-state index in [2.05, 4.69) is 10.2 Å². The molecule has 1 amide bonds. The number of carbonyl (C=O) groups excluding carboxylic acids is 2. The second kappa shape index (κ2) is 5.55. The van der Waals surface area contributed by atoms with Gasteiger partial charge in [-0.1, -0.05) is 12.1 Å². The molecule has 0 spiro atoms. The topological polar surface area (TPSA) is 86.5 Å². The van der Waals surface area contributed by atoms with E-state index in [1.165, 1.54) is 11.9 Å². The van der Waals surface area contributed by atoms with Crippen molar-refractivity contribution in [3.8, 4) is 0 Å². The molecule has 2 aliphatic rings. The lowest BCUT2D eigenvalue weighted by molar-refractivity contribution is -0.153. The summed E-state index contributed by atoms with van der Waals surface area (Å²) in [5.74, 6) is -0.421. The Labute approximate surface area is 138 Å². The van der Waals surface area contributed by atoms with Crippen LogP contribution in [0, 0.1) is 11.3 Å². The van der Waals surface area contributed by atoms with E-state index in [-0.39, 0.29) is 24.3 Å². The van der Waals surface area contributed by atoms with E-state index in [0.717, 1.165) is 11.0 Å². The summed E-state index contributed by atoms with van der Waals surface area (Å²) < 4.78 is 10.4. The Hall–Kier alpha value is -2.48. The van der Waals surface area contributed by atoms with Gasteiger partial charge in [0, 0.05) is 19.0 Å². The first kappa shape index (κ1) is 15.1. The molecule has 126 valence electrons. The van der Waals surface area contributed by atoms with Crippen molar-refractivity contribution in [2.24, 2.45) is 11.3 Å². The first-order chi connectivity index (χ1) is 11.6. The molecule has 3 heterocycles. The van der Waals surface area contributed by atoms with Crippen LogP contribution in [0.25, 0.3) is 11.0 Å². The smallest absolute Gasteiger partial charge is 0.316 e. The third-order valence-corrected chi connectivity index (χ3v) is 4.92. The molecule has 2 atom stereocenters. The summed E-state index contributed by atoms with van der Waals surface area (Å²) in [7, 11) is 1.37. The minimum atomic E-state index is -0.729. The zero-order chi connectivity index (χ0) is 16.7. The van der Waals surface area contributed by atoms with Crippen LogP contribution >= 0.6 is 0 Å². The molecule has 0 aliphatic carbocycles. The van der Waals surface area contributed by atoms with Gasteiger partial charge in [-0.3, -0.25) is 9.59 Å². The van der Waals surface area contributed by atoms with Gasteiger partial charge >= 0.3 is 5.97 Å². The van der Waals surface area contributed by atoms with E-state index in [1.54, 1.807) is 4.90 Å². The average Bonchev–Trinajstić information content (AvgIpc) is 3.25.